The van der Waals surface area contributed by atoms with E-state index >= 15 is 0 Å². The van der Waals surface area contributed by atoms with E-state index in [0.29, 0.717) is 0 Å². The summed E-state index contributed by atoms with van der Waals surface area (Å²) in [6.45, 7) is 4.15. The lowest BCUT2D eigenvalue weighted by molar-refractivity contribution is 1.13. The van der Waals surface area contributed by atoms with Gasteiger partial charge in [-0.3, -0.25) is 4.98 Å². The Morgan fingerprint density at radius 1 is 0.773 bits per heavy atom. The summed E-state index contributed by atoms with van der Waals surface area (Å²) in [5.41, 5.74) is 6.82. The fraction of sp³-hybridized carbons (Fsp3) is 0.0952. The van der Waals surface area contributed by atoms with Gasteiger partial charge in [0, 0.05) is 11.3 Å². The van der Waals surface area contributed by atoms with Crippen LogP contribution in [0.1, 0.15) is 28.1 Å². The lowest BCUT2D eigenvalue weighted by atomic mass is 9.98. The van der Waals surface area contributed by atoms with E-state index in [4.69, 9.17) is 4.98 Å². The van der Waals surface area contributed by atoms with Gasteiger partial charge in [-0.25, -0.2) is 0 Å². The van der Waals surface area contributed by atoms with E-state index in [1.807, 2.05) is 12.1 Å². The molecule has 0 bridgehead atoms. The standard InChI is InChI=1S/C21H19N/c1-16-13-14-21(22-17(16)2)20(19-11-7-4-8-12-19)15-18-9-5-3-6-10-18/h3-15H,1-2H3/b20-15+. The van der Waals surface area contributed by atoms with Crippen molar-refractivity contribution in [2.24, 2.45) is 0 Å². The second-order valence-corrected chi connectivity index (χ2v) is 5.43. The zero-order chi connectivity index (χ0) is 15.4. The van der Waals surface area contributed by atoms with Gasteiger partial charge in [0.25, 0.3) is 0 Å². The third kappa shape index (κ3) is 3.15. The number of aromatic nitrogens is 1. The number of nitrogens with zero attached hydrogens (tertiary/aromatic N) is 1. The molecule has 22 heavy (non-hydrogen) atoms. The number of pyridine rings is 1. The summed E-state index contributed by atoms with van der Waals surface area (Å²) in [4.78, 5) is 4.78. The van der Waals surface area contributed by atoms with Crippen molar-refractivity contribution < 1.29 is 0 Å². The van der Waals surface area contributed by atoms with E-state index in [1.165, 1.54) is 16.7 Å². The molecule has 108 valence electrons. The fourth-order valence-electron chi connectivity index (χ4n) is 2.42. The van der Waals surface area contributed by atoms with E-state index in [0.717, 1.165) is 17.0 Å². The molecular formula is C21H19N. The monoisotopic (exact) mass is 285 g/mol. The molecule has 0 amide bonds. The molecule has 3 aromatic rings. The summed E-state index contributed by atoms with van der Waals surface area (Å²) in [5, 5.41) is 0. The molecule has 1 heterocycles. The molecular weight excluding hydrogens is 266 g/mol. The molecule has 0 aliphatic rings. The van der Waals surface area contributed by atoms with Crippen molar-refractivity contribution >= 4 is 11.6 Å². The predicted octanol–water partition coefficient (Wildman–Crippen LogP) is 5.29. The molecule has 0 unspecified atom stereocenters. The van der Waals surface area contributed by atoms with Gasteiger partial charge in [0.1, 0.15) is 0 Å². The highest BCUT2D eigenvalue weighted by Gasteiger charge is 2.08. The van der Waals surface area contributed by atoms with Crippen molar-refractivity contribution in [1.82, 2.24) is 4.98 Å². The minimum absolute atomic E-state index is 1.01. The second-order valence-electron chi connectivity index (χ2n) is 5.43. The average Bonchev–Trinajstić information content (AvgIpc) is 2.57. The summed E-state index contributed by atoms with van der Waals surface area (Å²) < 4.78 is 0. The molecule has 2 aromatic carbocycles. The Bertz CT molecular complexity index is 787. The Balaban J connectivity index is 2.15. The minimum Gasteiger partial charge on any atom is -0.253 e. The van der Waals surface area contributed by atoms with Gasteiger partial charge < -0.3 is 0 Å². The smallest absolute Gasteiger partial charge is 0.0711 e. The van der Waals surface area contributed by atoms with Crippen molar-refractivity contribution in [3.8, 4) is 0 Å². The van der Waals surface area contributed by atoms with Crippen LogP contribution < -0.4 is 0 Å². The van der Waals surface area contributed by atoms with Crippen LogP contribution in [0.4, 0.5) is 0 Å². The van der Waals surface area contributed by atoms with E-state index in [9.17, 15) is 0 Å². The molecule has 0 aliphatic carbocycles. The van der Waals surface area contributed by atoms with Crippen molar-refractivity contribution in [1.29, 1.82) is 0 Å². The third-order valence-electron chi connectivity index (χ3n) is 3.82. The first kappa shape index (κ1) is 14.3. The first-order valence-corrected chi connectivity index (χ1v) is 7.51. The lowest BCUT2D eigenvalue weighted by Crippen LogP contribution is -1.95. The summed E-state index contributed by atoms with van der Waals surface area (Å²) in [6, 6.07) is 25.1. The van der Waals surface area contributed by atoms with Crippen LogP contribution in [0, 0.1) is 13.8 Å². The third-order valence-corrected chi connectivity index (χ3v) is 3.82. The molecule has 0 saturated carbocycles. The van der Waals surface area contributed by atoms with Crippen molar-refractivity contribution in [2.45, 2.75) is 13.8 Å². The first-order chi connectivity index (χ1) is 10.7. The summed E-state index contributed by atoms with van der Waals surface area (Å²) >= 11 is 0. The van der Waals surface area contributed by atoms with Crippen molar-refractivity contribution in [3.63, 3.8) is 0 Å². The minimum atomic E-state index is 1.01. The Morgan fingerprint density at radius 2 is 1.41 bits per heavy atom. The maximum Gasteiger partial charge on any atom is 0.0711 e. The van der Waals surface area contributed by atoms with Crippen LogP contribution in [-0.4, -0.2) is 4.98 Å². The Morgan fingerprint density at radius 3 is 2.05 bits per heavy atom. The van der Waals surface area contributed by atoms with Gasteiger partial charge in [0.2, 0.25) is 0 Å². The molecule has 0 saturated heterocycles. The Labute approximate surface area is 132 Å². The van der Waals surface area contributed by atoms with E-state index < -0.39 is 0 Å². The fourth-order valence-corrected chi connectivity index (χ4v) is 2.42. The first-order valence-electron chi connectivity index (χ1n) is 7.51. The molecule has 0 fully saturated rings. The van der Waals surface area contributed by atoms with Crippen LogP contribution in [-0.2, 0) is 0 Å². The van der Waals surface area contributed by atoms with Crippen LogP contribution >= 0.6 is 0 Å². The van der Waals surface area contributed by atoms with Crippen molar-refractivity contribution in [3.05, 3.63) is 101 Å². The number of benzene rings is 2. The normalized spacial score (nSPS) is 11.5. The van der Waals surface area contributed by atoms with E-state index in [2.05, 4.69) is 80.6 Å². The van der Waals surface area contributed by atoms with Gasteiger partial charge in [-0.2, -0.15) is 0 Å². The molecule has 3 rings (SSSR count). The molecule has 0 spiro atoms. The zero-order valence-electron chi connectivity index (χ0n) is 13.0. The topological polar surface area (TPSA) is 12.9 Å². The largest absolute Gasteiger partial charge is 0.253 e. The Hall–Kier alpha value is -2.67. The van der Waals surface area contributed by atoms with Gasteiger partial charge in [0.15, 0.2) is 0 Å². The zero-order valence-corrected chi connectivity index (χ0v) is 13.0. The molecule has 1 heteroatoms. The molecule has 1 nitrogen and oxygen atoms in total. The van der Waals surface area contributed by atoms with Crippen LogP contribution in [0.25, 0.3) is 11.6 Å². The van der Waals surface area contributed by atoms with Crippen LogP contribution in [0.15, 0.2) is 72.8 Å². The van der Waals surface area contributed by atoms with Gasteiger partial charge in [-0.15, -0.1) is 0 Å². The van der Waals surface area contributed by atoms with Crippen LogP contribution in [0.5, 0.6) is 0 Å². The highest BCUT2D eigenvalue weighted by molar-refractivity contribution is 5.90. The lowest BCUT2D eigenvalue weighted by Gasteiger charge is -2.10. The highest BCUT2D eigenvalue weighted by atomic mass is 14.7. The maximum absolute atomic E-state index is 4.78. The van der Waals surface area contributed by atoms with Gasteiger partial charge in [-0.1, -0.05) is 66.7 Å². The quantitative estimate of drug-likeness (QED) is 0.596. The molecule has 1 aromatic heterocycles. The highest BCUT2D eigenvalue weighted by Crippen LogP contribution is 2.25. The molecule has 0 N–H and O–H groups in total. The second kappa shape index (κ2) is 6.40. The summed E-state index contributed by atoms with van der Waals surface area (Å²) in [7, 11) is 0. The number of hydrogen-bond donors (Lipinski definition) is 0. The molecule has 0 radical (unpaired) electrons. The number of rotatable bonds is 3. The van der Waals surface area contributed by atoms with Gasteiger partial charge in [-0.05, 0) is 42.7 Å². The van der Waals surface area contributed by atoms with Gasteiger partial charge >= 0.3 is 0 Å². The maximum atomic E-state index is 4.78. The predicted molar refractivity (Wildman–Crippen MR) is 93.6 cm³/mol. The number of hydrogen-bond acceptors (Lipinski definition) is 1. The van der Waals surface area contributed by atoms with E-state index in [1.54, 1.807) is 0 Å². The summed E-state index contributed by atoms with van der Waals surface area (Å²) in [5.74, 6) is 0. The Kier molecular flexibility index (Phi) is 4.15. The molecule has 0 atom stereocenters. The van der Waals surface area contributed by atoms with Crippen LogP contribution in [0.3, 0.4) is 0 Å². The van der Waals surface area contributed by atoms with Crippen molar-refractivity contribution in [2.75, 3.05) is 0 Å². The van der Waals surface area contributed by atoms with Gasteiger partial charge in [0.05, 0.1) is 5.69 Å². The van der Waals surface area contributed by atoms with E-state index in [-0.39, 0.29) is 0 Å². The SMILES string of the molecule is Cc1ccc(/C(=C/c2ccccc2)c2ccccc2)nc1C. The average molecular weight is 285 g/mol. The number of aryl methyl sites for hydroxylation is 2. The van der Waals surface area contributed by atoms with Crippen LogP contribution in [0.2, 0.25) is 0 Å². The molecule has 0 aliphatic heterocycles. The summed E-state index contributed by atoms with van der Waals surface area (Å²) in [6.07, 6.45) is 2.20.